The molecule has 0 aliphatic carbocycles. The van der Waals surface area contributed by atoms with Gasteiger partial charge in [0.05, 0.1) is 12.0 Å². The summed E-state index contributed by atoms with van der Waals surface area (Å²) in [7, 11) is 0. The summed E-state index contributed by atoms with van der Waals surface area (Å²) in [4.78, 5) is 0. The van der Waals surface area contributed by atoms with Gasteiger partial charge in [0.25, 0.3) is 0 Å². The molecule has 0 amide bonds. The Balaban J connectivity index is 1.55. The van der Waals surface area contributed by atoms with Crippen LogP contribution in [0.3, 0.4) is 0 Å². The maximum Gasteiger partial charge on any atom is 0.200 e. The Hall–Kier alpha value is -5.20. The fourth-order valence-corrected chi connectivity index (χ4v) is 5.66. The van der Waals surface area contributed by atoms with Gasteiger partial charge in [0.15, 0.2) is 40.6 Å². The van der Waals surface area contributed by atoms with Gasteiger partial charge in [-0.3, -0.25) is 0 Å². The number of fused-ring (bicyclic) bond motifs is 2. The van der Waals surface area contributed by atoms with E-state index in [1.807, 2.05) is 0 Å². The summed E-state index contributed by atoms with van der Waals surface area (Å²) in [5, 5.41) is 105. The van der Waals surface area contributed by atoms with Crippen LogP contribution in [0.1, 0.15) is 45.9 Å². The molecule has 4 aromatic carbocycles. The van der Waals surface area contributed by atoms with Gasteiger partial charge in [-0.1, -0.05) is 18.2 Å². The minimum Gasteiger partial charge on any atom is -0.507 e. The number of rotatable bonds is 3. The van der Waals surface area contributed by atoms with Crippen molar-refractivity contribution in [2.45, 2.75) is 36.8 Å². The van der Waals surface area contributed by atoms with E-state index in [-0.39, 0.29) is 45.7 Å². The molecule has 218 valence electrons. The Morgan fingerprint density at radius 2 is 1.12 bits per heavy atom. The van der Waals surface area contributed by atoms with Gasteiger partial charge in [0.1, 0.15) is 29.5 Å². The predicted molar refractivity (Wildman–Crippen MR) is 143 cm³/mol. The maximum absolute atomic E-state index is 11.7. The van der Waals surface area contributed by atoms with Crippen LogP contribution in [0, 0.1) is 0 Å². The number of aliphatic hydroxyl groups excluding tert-OH is 2. The molecule has 5 unspecified atom stereocenters. The summed E-state index contributed by atoms with van der Waals surface area (Å²) in [5.74, 6) is -5.43. The van der Waals surface area contributed by atoms with Crippen LogP contribution in [-0.2, 0) is 6.42 Å². The lowest BCUT2D eigenvalue weighted by Gasteiger charge is -2.40. The average molecular weight is 579 g/mol. The monoisotopic (exact) mass is 578 g/mol. The molecule has 12 nitrogen and oxygen atoms in total. The third-order valence-corrected chi connectivity index (χ3v) is 7.72. The summed E-state index contributed by atoms with van der Waals surface area (Å²) in [5.41, 5.74) is 0.644. The zero-order chi connectivity index (χ0) is 30.0. The second-order valence-electron chi connectivity index (χ2n) is 10.3. The number of aromatic hydroxyl groups is 8. The number of ether oxygens (including phenoxy) is 2. The molecule has 0 saturated carbocycles. The van der Waals surface area contributed by atoms with Gasteiger partial charge in [0.2, 0.25) is 5.75 Å². The van der Waals surface area contributed by atoms with E-state index in [1.54, 1.807) is 0 Å². The van der Waals surface area contributed by atoms with Crippen LogP contribution in [0.15, 0.2) is 54.6 Å². The number of hydrogen-bond acceptors (Lipinski definition) is 12. The molecular weight excluding hydrogens is 552 g/mol. The lowest BCUT2D eigenvalue weighted by Crippen LogP contribution is -2.36. The number of phenolic OH excluding ortho intramolecular Hbond substituents is 8. The van der Waals surface area contributed by atoms with Crippen LogP contribution < -0.4 is 9.47 Å². The highest BCUT2D eigenvalue weighted by molar-refractivity contribution is 5.66. The summed E-state index contributed by atoms with van der Waals surface area (Å²) >= 11 is 0. The molecule has 2 aliphatic rings. The van der Waals surface area contributed by atoms with Crippen LogP contribution in [-0.4, -0.2) is 63.3 Å². The first-order valence-electron chi connectivity index (χ1n) is 12.8. The zero-order valence-electron chi connectivity index (χ0n) is 21.6. The van der Waals surface area contributed by atoms with Crippen molar-refractivity contribution in [3.05, 3.63) is 82.4 Å². The Labute approximate surface area is 237 Å². The highest BCUT2D eigenvalue weighted by Crippen LogP contribution is 2.57. The molecule has 0 spiro atoms. The first-order valence-corrected chi connectivity index (χ1v) is 12.8. The van der Waals surface area contributed by atoms with Crippen LogP contribution in [0.2, 0.25) is 0 Å². The van der Waals surface area contributed by atoms with Gasteiger partial charge in [-0.05, 0) is 41.5 Å². The van der Waals surface area contributed by atoms with E-state index in [9.17, 15) is 51.1 Å². The second kappa shape index (κ2) is 9.72. The molecule has 0 bridgehead atoms. The third-order valence-electron chi connectivity index (χ3n) is 7.72. The van der Waals surface area contributed by atoms with E-state index in [0.717, 1.165) is 12.1 Å². The minimum atomic E-state index is -1.54. The summed E-state index contributed by atoms with van der Waals surface area (Å²) in [6.45, 7) is 0. The average Bonchev–Trinajstić information content (AvgIpc) is 2.95. The molecule has 6 rings (SSSR count). The first-order chi connectivity index (χ1) is 20.0. The Bertz CT molecular complexity index is 1720. The van der Waals surface area contributed by atoms with E-state index in [0.29, 0.717) is 0 Å². The van der Waals surface area contributed by atoms with Crippen molar-refractivity contribution in [2.24, 2.45) is 0 Å². The summed E-state index contributed by atoms with van der Waals surface area (Å²) in [6, 6.07) is 11.1. The van der Waals surface area contributed by atoms with Crippen LogP contribution in [0.5, 0.6) is 57.5 Å². The quantitative estimate of drug-likeness (QED) is 0.159. The van der Waals surface area contributed by atoms with Crippen molar-refractivity contribution >= 4 is 0 Å². The molecule has 4 aromatic rings. The molecule has 2 heterocycles. The van der Waals surface area contributed by atoms with Crippen molar-refractivity contribution in [1.82, 2.24) is 0 Å². The Morgan fingerprint density at radius 3 is 1.74 bits per heavy atom. The van der Waals surface area contributed by atoms with E-state index >= 15 is 0 Å². The number of aliphatic hydroxyl groups is 2. The lowest BCUT2D eigenvalue weighted by molar-refractivity contribution is 0.000591. The molecule has 2 aliphatic heterocycles. The van der Waals surface area contributed by atoms with Gasteiger partial charge < -0.3 is 60.5 Å². The van der Waals surface area contributed by atoms with Crippen molar-refractivity contribution < 1.29 is 60.5 Å². The molecule has 0 fully saturated rings. The molecule has 5 atom stereocenters. The van der Waals surface area contributed by atoms with Crippen molar-refractivity contribution in [1.29, 1.82) is 0 Å². The van der Waals surface area contributed by atoms with Gasteiger partial charge in [-0.15, -0.1) is 0 Å². The number of phenols is 8. The highest BCUT2D eigenvalue weighted by atomic mass is 16.5. The van der Waals surface area contributed by atoms with Crippen LogP contribution in [0.25, 0.3) is 0 Å². The number of hydrogen-bond donors (Lipinski definition) is 10. The molecular formula is C30H26O12. The lowest BCUT2D eigenvalue weighted by atomic mass is 9.77. The molecule has 0 radical (unpaired) electrons. The molecule has 12 heteroatoms. The minimum absolute atomic E-state index is 0.0437. The largest absolute Gasteiger partial charge is 0.507 e. The van der Waals surface area contributed by atoms with Gasteiger partial charge in [-0.25, -0.2) is 0 Å². The van der Waals surface area contributed by atoms with Gasteiger partial charge >= 0.3 is 0 Å². The molecule has 42 heavy (non-hydrogen) atoms. The Morgan fingerprint density at radius 1 is 0.548 bits per heavy atom. The SMILES string of the molecule is Oc1ccc(C2Oc3c(c(O)cc(O)c3C3c4ccc(O)c(O)c4OC(c4ccc(O)c(O)c4)C3O)CC2O)cc1O. The van der Waals surface area contributed by atoms with Crippen molar-refractivity contribution in [3.8, 4) is 57.5 Å². The second-order valence-corrected chi connectivity index (χ2v) is 10.3. The van der Waals surface area contributed by atoms with Crippen molar-refractivity contribution in [3.63, 3.8) is 0 Å². The van der Waals surface area contributed by atoms with Crippen molar-refractivity contribution in [2.75, 3.05) is 0 Å². The topological polar surface area (TPSA) is 221 Å². The Kier molecular flexibility index (Phi) is 6.24. The highest BCUT2D eigenvalue weighted by Gasteiger charge is 2.45. The van der Waals surface area contributed by atoms with Crippen LogP contribution in [0.4, 0.5) is 0 Å². The smallest absolute Gasteiger partial charge is 0.200 e. The first kappa shape index (κ1) is 27.0. The summed E-state index contributed by atoms with van der Waals surface area (Å²) in [6.07, 6.45) is -5.40. The van der Waals surface area contributed by atoms with Gasteiger partial charge in [-0.2, -0.15) is 0 Å². The normalized spacial score (nSPS) is 22.9. The fraction of sp³-hybridized carbons (Fsp3) is 0.200. The van der Waals surface area contributed by atoms with E-state index in [1.165, 1.54) is 42.5 Å². The molecule has 0 saturated heterocycles. The summed E-state index contributed by atoms with van der Waals surface area (Å²) < 4.78 is 12.1. The molecule has 10 N–H and O–H groups in total. The molecule has 0 aromatic heterocycles. The van der Waals surface area contributed by atoms with E-state index in [2.05, 4.69) is 0 Å². The third kappa shape index (κ3) is 4.16. The van der Waals surface area contributed by atoms with E-state index < -0.39 is 76.3 Å². The zero-order valence-corrected chi connectivity index (χ0v) is 21.6. The van der Waals surface area contributed by atoms with Gasteiger partial charge in [0, 0.05) is 29.2 Å². The van der Waals surface area contributed by atoms with E-state index in [4.69, 9.17) is 9.47 Å². The standard InChI is InChI=1S/C30H26O12/c31-15-4-1-11(7-19(15)35)27-22(38)9-14-18(34)10-21(37)24(29(14)41-27)23-13-3-6-17(33)25(39)30(13)42-28(26(23)40)12-2-5-16(32)20(36)8-12/h1-8,10,22-23,26-28,31-40H,9H2. The maximum atomic E-state index is 11.7. The van der Waals surface area contributed by atoms with Crippen LogP contribution >= 0.6 is 0 Å². The fourth-order valence-electron chi connectivity index (χ4n) is 5.66. The number of benzene rings is 4. The predicted octanol–water partition coefficient (Wildman–Crippen LogP) is 3.00.